The number of anilines is 1. The monoisotopic (exact) mass is 322 g/mol. The standard InChI is InChI=1S/C15H18N2O4S/c1-10-4-5-11(21-10)8-17(2)9-13(18)16-12-6-7-22-14(12)15(19)20-3/h4-7H,8-9H2,1-3H3,(H,16,18). The number of methoxy groups -OCH3 is 1. The SMILES string of the molecule is COC(=O)c1sccc1NC(=O)CN(C)Cc1ccc(C)o1. The summed E-state index contributed by atoms with van der Waals surface area (Å²) in [5.41, 5.74) is 0.476. The maximum atomic E-state index is 12.0. The first kappa shape index (κ1) is 16.3. The van der Waals surface area contributed by atoms with E-state index in [1.54, 1.807) is 11.4 Å². The molecule has 2 rings (SSSR count). The van der Waals surface area contributed by atoms with E-state index in [1.165, 1.54) is 18.4 Å². The molecule has 6 nitrogen and oxygen atoms in total. The van der Waals surface area contributed by atoms with Gasteiger partial charge in [0.05, 0.1) is 25.9 Å². The van der Waals surface area contributed by atoms with Gasteiger partial charge in [0, 0.05) is 0 Å². The molecule has 0 aromatic carbocycles. The van der Waals surface area contributed by atoms with Gasteiger partial charge in [0.2, 0.25) is 5.91 Å². The molecule has 0 atom stereocenters. The summed E-state index contributed by atoms with van der Waals surface area (Å²) in [4.78, 5) is 25.8. The highest BCUT2D eigenvalue weighted by Gasteiger charge is 2.16. The quantitative estimate of drug-likeness (QED) is 0.827. The van der Waals surface area contributed by atoms with Crippen LogP contribution >= 0.6 is 11.3 Å². The molecule has 7 heteroatoms. The minimum atomic E-state index is -0.454. The van der Waals surface area contributed by atoms with Gasteiger partial charge in [-0.25, -0.2) is 4.79 Å². The number of likely N-dealkylation sites (N-methyl/N-ethyl adjacent to an activating group) is 1. The lowest BCUT2D eigenvalue weighted by Crippen LogP contribution is -2.30. The zero-order chi connectivity index (χ0) is 16.1. The average molecular weight is 322 g/mol. The van der Waals surface area contributed by atoms with Crippen molar-refractivity contribution in [2.45, 2.75) is 13.5 Å². The lowest BCUT2D eigenvalue weighted by Gasteiger charge is -2.14. The fraction of sp³-hybridized carbons (Fsp3) is 0.333. The number of amides is 1. The van der Waals surface area contributed by atoms with Crippen LogP contribution in [0.4, 0.5) is 5.69 Å². The number of carbonyl (C=O) groups is 2. The van der Waals surface area contributed by atoms with Crippen molar-refractivity contribution in [2.75, 3.05) is 26.0 Å². The average Bonchev–Trinajstić information content (AvgIpc) is 3.07. The number of thiophene rings is 1. The van der Waals surface area contributed by atoms with E-state index < -0.39 is 5.97 Å². The molecule has 0 bridgehead atoms. The molecular weight excluding hydrogens is 304 g/mol. The summed E-state index contributed by atoms with van der Waals surface area (Å²) in [5.74, 6) is 0.992. The molecule has 0 fully saturated rings. The number of aryl methyl sites for hydroxylation is 1. The molecule has 1 amide bonds. The first-order valence-corrected chi connectivity index (χ1v) is 7.57. The van der Waals surface area contributed by atoms with E-state index in [0.717, 1.165) is 11.5 Å². The van der Waals surface area contributed by atoms with Gasteiger partial charge < -0.3 is 14.5 Å². The molecule has 0 radical (unpaired) electrons. The van der Waals surface area contributed by atoms with Crippen LogP contribution in [0.25, 0.3) is 0 Å². The zero-order valence-electron chi connectivity index (χ0n) is 12.7. The molecule has 0 aliphatic carbocycles. The van der Waals surface area contributed by atoms with Crippen LogP contribution in [0.5, 0.6) is 0 Å². The van der Waals surface area contributed by atoms with E-state index in [2.05, 4.69) is 10.1 Å². The maximum absolute atomic E-state index is 12.0. The van der Waals surface area contributed by atoms with Crippen molar-refractivity contribution < 1.29 is 18.7 Å². The van der Waals surface area contributed by atoms with Gasteiger partial charge in [-0.3, -0.25) is 9.69 Å². The number of furan rings is 1. The fourth-order valence-electron chi connectivity index (χ4n) is 1.99. The molecule has 1 N–H and O–H groups in total. The highest BCUT2D eigenvalue weighted by atomic mass is 32.1. The summed E-state index contributed by atoms with van der Waals surface area (Å²) in [6.45, 7) is 2.60. The summed E-state index contributed by atoms with van der Waals surface area (Å²) in [7, 11) is 3.14. The second kappa shape index (κ2) is 7.24. The van der Waals surface area contributed by atoms with Gasteiger partial charge in [-0.2, -0.15) is 0 Å². The maximum Gasteiger partial charge on any atom is 0.350 e. The highest BCUT2D eigenvalue weighted by Crippen LogP contribution is 2.23. The first-order chi connectivity index (χ1) is 10.5. The van der Waals surface area contributed by atoms with Crippen LogP contribution in [-0.4, -0.2) is 37.5 Å². The van der Waals surface area contributed by atoms with Crippen molar-refractivity contribution >= 4 is 28.9 Å². The predicted molar refractivity (Wildman–Crippen MR) is 84.1 cm³/mol. The molecule has 0 unspecified atom stereocenters. The zero-order valence-corrected chi connectivity index (χ0v) is 13.5. The summed E-state index contributed by atoms with van der Waals surface area (Å²) < 4.78 is 10.2. The number of ether oxygens (including phenoxy) is 1. The third-order valence-electron chi connectivity index (χ3n) is 2.95. The minimum absolute atomic E-state index is 0.191. The summed E-state index contributed by atoms with van der Waals surface area (Å²) in [6.07, 6.45) is 0. The van der Waals surface area contributed by atoms with E-state index >= 15 is 0 Å². The molecule has 118 valence electrons. The van der Waals surface area contributed by atoms with Crippen LogP contribution in [0, 0.1) is 6.92 Å². The molecule has 0 saturated carbocycles. The molecule has 0 saturated heterocycles. The normalized spacial score (nSPS) is 10.7. The number of hydrogen-bond acceptors (Lipinski definition) is 6. The lowest BCUT2D eigenvalue weighted by molar-refractivity contribution is -0.117. The number of hydrogen-bond donors (Lipinski definition) is 1. The number of nitrogens with one attached hydrogen (secondary N) is 1. The number of carbonyl (C=O) groups excluding carboxylic acids is 2. The van der Waals surface area contributed by atoms with Gasteiger partial charge in [0.1, 0.15) is 16.4 Å². The second-order valence-electron chi connectivity index (χ2n) is 4.89. The Hall–Kier alpha value is -2.12. The van der Waals surface area contributed by atoms with Crippen molar-refractivity contribution in [1.82, 2.24) is 4.90 Å². The van der Waals surface area contributed by atoms with Gasteiger partial charge in [-0.1, -0.05) is 0 Å². The molecule has 0 spiro atoms. The smallest absolute Gasteiger partial charge is 0.350 e. The summed E-state index contributed by atoms with van der Waals surface area (Å²) in [6, 6.07) is 5.46. The summed E-state index contributed by atoms with van der Waals surface area (Å²) >= 11 is 1.23. The Bertz CT molecular complexity index is 662. The fourth-order valence-corrected chi connectivity index (χ4v) is 2.75. The van der Waals surface area contributed by atoms with Crippen molar-refractivity contribution in [2.24, 2.45) is 0 Å². The van der Waals surface area contributed by atoms with Gasteiger partial charge in [-0.05, 0) is 37.6 Å². The van der Waals surface area contributed by atoms with Crippen molar-refractivity contribution in [3.8, 4) is 0 Å². The van der Waals surface area contributed by atoms with Crippen LogP contribution in [0.3, 0.4) is 0 Å². The Morgan fingerprint density at radius 1 is 1.36 bits per heavy atom. The predicted octanol–water partition coefficient (Wildman–Crippen LogP) is 2.51. The van der Waals surface area contributed by atoms with Crippen LogP contribution in [0.15, 0.2) is 28.0 Å². The first-order valence-electron chi connectivity index (χ1n) is 6.69. The molecule has 0 aliphatic heterocycles. The second-order valence-corrected chi connectivity index (χ2v) is 5.80. The molecule has 2 heterocycles. The van der Waals surface area contributed by atoms with Gasteiger partial charge in [-0.15, -0.1) is 11.3 Å². The molecule has 2 aromatic rings. The molecular formula is C15H18N2O4S. The van der Waals surface area contributed by atoms with Crippen LogP contribution in [-0.2, 0) is 16.1 Å². The van der Waals surface area contributed by atoms with Gasteiger partial charge in [0.15, 0.2) is 0 Å². The van der Waals surface area contributed by atoms with E-state index in [4.69, 9.17) is 4.42 Å². The lowest BCUT2D eigenvalue weighted by atomic mass is 10.3. The van der Waals surface area contributed by atoms with E-state index in [-0.39, 0.29) is 12.5 Å². The Morgan fingerprint density at radius 3 is 2.77 bits per heavy atom. The third kappa shape index (κ3) is 4.19. The van der Waals surface area contributed by atoms with Gasteiger partial charge in [0.25, 0.3) is 0 Å². The minimum Gasteiger partial charge on any atom is -0.465 e. The Morgan fingerprint density at radius 2 is 2.14 bits per heavy atom. The van der Waals surface area contributed by atoms with Gasteiger partial charge >= 0.3 is 5.97 Å². The number of esters is 1. The van der Waals surface area contributed by atoms with Crippen molar-refractivity contribution in [1.29, 1.82) is 0 Å². The third-order valence-corrected chi connectivity index (χ3v) is 3.84. The van der Waals surface area contributed by atoms with Crippen molar-refractivity contribution in [3.05, 3.63) is 40.0 Å². The Labute approximate surface area is 132 Å². The van der Waals surface area contributed by atoms with E-state index in [1.807, 2.05) is 31.0 Å². The van der Waals surface area contributed by atoms with E-state index in [9.17, 15) is 9.59 Å². The van der Waals surface area contributed by atoms with E-state index in [0.29, 0.717) is 17.1 Å². The van der Waals surface area contributed by atoms with Crippen LogP contribution < -0.4 is 5.32 Å². The molecule has 2 aromatic heterocycles. The number of rotatable bonds is 6. The summed E-state index contributed by atoms with van der Waals surface area (Å²) in [5, 5.41) is 4.46. The Balaban J connectivity index is 1.90. The van der Waals surface area contributed by atoms with Crippen LogP contribution in [0.1, 0.15) is 21.2 Å². The molecule has 0 aliphatic rings. The number of nitrogens with zero attached hydrogens (tertiary/aromatic N) is 1. The van der Waals surface area contributed by atoms with Crippen molar-refractivity contribution in [3.63, 3.8) is 0 Å². The largest absolute Gasteiger partial charge is 0.465 e. The van der Waals surface area contributed by atoms with Crippen LogP contribution in [0.2, 0.25) is 0 Å². The topological polar surface area (TPSA) is 71.8 Å². The Kier molecular flexibility index (Phi) is 5.35. The molecule has 22 heavy (non-hydrogen) atoms. The highest BCUT2D eigenvalue weighted by molar-refractivity contribution is 7.12.